The predicted molar refractivity (Wildman–Crippen MR) is 122 cm³/mol. The maximum Gasteiger partial charge on any atom is 0.410 e. The highest BCUT2D eigenvalue weighted by molar-refractivity contribution is 5.82. The first-order valence-corrected chi connectivity index (χ1v) is 11.9. The van der Waals surface area contributed by atoms with E-state index in [1.807, 2.05) is 24.3 Å². The minimum atomic E-state index is -0.898. The second-order valence-corrected chi connectivity index (χ2v) is 9.75. The molecule has 3 aliphatic rings. The number of aliphatic carboxylic acids is 1. The molecular weight excluding hydrogens is 402 g/mol. The van der Waals surface area contributed by atoms with E-state index in [-0.39, 0.29) is 24.5 Å². The summed E-state index contributed by atoms with van der Waals surface area (Å²) in [6.45, 7) is 2.44. The molecule has 0 bridgehead atoms. The minimum absolute atomic E-state index is 0.00443. The second-order valence-electron chi connectivity index (χ2n) is 9.75. The van der Waals surface area contributed by atoms with Crippen molar-refractivity contribution in [3.8, 4) is 11.1 Å². The molecule has 0 radical (unpaired) electrons. The van der Waals surface area contributed by atoms with Crippen molar-refractivity contribution in [1.29, 1.82) is 0 Å². The molecule has 5 heteroatoms. The van der Waals surface area contributed by atoms with Crippen molar-refractivity contribution in [1.82, 2.24) is 4.90 Å². The van der Waals surface area contributed by atoms with Crippen LogP contribution < -0.4 is 0 Å². The highest BCUT2D eigenvalue weighted by atomic mass is 16.6. The third-order valence-corrected chi connectivity index (χ3v) is 7.55. The SMILES string of the molecule is CC1CCC(C(C(=O)O)N(C(=O)OCC2c3ccccc3-c3ccccc32)C2CC2)CC1. The Morgan fingerprint density at radius 1 is 0.938 bits per heavy atom. The minimum Gasteiger partial charge on any atom is -0.480 e. The van der Waals surface area contributed by atoms with Gasteiger partial charge in [0.1, 0.15) is 12.6 Å². The second kappa shape index (κ2) is 8.61. The highest BCUT2D eigenvalue weighted by Gasteiger charge is 2.46. The Labute approximate surface area is 189 Å². The Morgan fingerprint density at radius 3 is 2.03 bits per heavy atom. The van der Waals surface area contributed by atoms with Crippen molar-refractivity contribution in [2.45, 2.75) is 63.5 Å². The van der Waals surface area contributed by atoms with E-state index in [1.165, 1.54) is 11.1 Å². The molecule has 5 nitrogen and oxygen atoms in total. The van der Waals surface area contributed by atoms with Gasteiger partial charge >= 0.3 is 12.1 Å². The number of hydrogen-bond donors (Lipinski definition) is 1. The lowest BCUT2D eigenvalue weighted by Gasteiger charge is -2.37. The molecule has 0 spiro atoms. The summed E-state index contributed by atoms with van der Waals surface area (Å²) in [5, 5.41) is 10.1. The van der Waals surface area contributed by atoms with Gasteiger partial charge in [-0.25, -0.2) is 9.59 Å². The molecule has 2 aromatic rings. The molecule has 2 aromatic carbocycles. The van der Waals surface area contributed by atoms with Crippen molar-refractivity contribution in [2.75, 3.05) is 6.61 Å². The number of hydrogen-bond acceptors (Lipinski definition) is 3. The molecule has 0 aromatic heterocycles. The molecule has 5 rings (SSSR count). The van der Waals surface area contributed by atoms with Crippen molar-refractivity contribution in [3.05, 3.63) is 59.7 Å². The smallest absolute Gasteiger partial charge is 0.410 e. The number of benzene rings is 2. The molecule has 0 heterocycles. The summed E-state index contributed by atoms with van der Waals surface area (Å²) in [5.74, 6) is -0.287. The van der Waals surface area contributed by atoms with Gasteiger partial charge in [0.2, 0.25) is 0 Å². The van der Waals surface area contributed by atoms with Gasteiger partial charge in [0.05, 0.1) is 0 Å². The van der Waals surface area contributed by atoms with Gasteiger partial charge in [0.25, 0.3) is 0 Å². The van der Waals surface area contributed by atoms with Gasteiger partial charge < -0.3 is 9.84 Å². The fraction of sp³-hybridized carbons (Fsp3) is 0.481. The molecule has 2 saturated carbocycles. The number of rotatable bonds is 6. The average molecular weight is 434 g/mol. The molecule has 3 aliphatic carbocycles. The normalized spacial score (nSPS) is 23.2. The van der Waals surface area contributed by atoms with E-state index < -0.39 is 18.1 Å². The molecular formula is C27H31NO4. The molecule has 32 heavy (non-hydrogen) atoms. The van der Waals surface area contributed by atoms with Gasteiger partial charge in [-0.15, -0.1) is 0 Å². The number of ether oxygens (including phenoxy) is 1. The van der Waals surface area contributed by atoms with Crippen LogP contribution in [0.4, 0.5) is 4.79 Å². The van der Waals surface area contributed by atoms with Crippen molar-refractivity contribution < 1.29 is 19.4 Å². The topological polar surface area (TPSA) is 66.8 Å². The van der Waals surface area contributed by atoms with E-state index in [9.17, 15) is 14.7 Å². The Bertz CT molecular complexity index is 961. The summed E-state index contributed by atoms with van der Waals surface area (Å²) in [5.41, 5.74) is 4.69. The number of carboxylic acid groups (broad SMARTS) is 1. The molecule has 2 fully saturated rings. The van der Waals surface area contributed by atoms with Gasteiger partial charge in [0.15, 0.2) is 0 Å². The lowest BCUT2D eigenvalue weighted by atomic mass is 9.78. The van der Waals surface area contributed by atoms with Crippen molar-refractivity contribution in [2.24, 2.45) is 11.8 Å². The van der Waals surface area contributed by atoms with Gasteiger partial charge in [-0.05, 0) is 59.8 Å². The summed E-state index contributed by atoms with van der Waals surface area (Å²) in [6.07, 6.45) is 5.01. The fourth-order valence-electron chi connectivity index (χ4n) is 5.66. The van der Waals surface area contributed by atoms with Crippen LogP contribution in [0.15, 0.2) is 48.5 Å². The Balaban J connectivity index is 1.35. The summed E-state index contributed by atoms with van der Waals surface area (Å²) < 4.78 is 5.87. The molecule has 0 saturated heterocycles. The molecule has 0 aliphatic heterocycles. The Morgan fingerprint density at radius 2 is 1.50 bits per heavy atom. The number of nitrogens with zero attached hydrogens (tertiary/aromatic N) is 1. The monoisotopic (exact) mass is 433 g/mol. The Kier molecular flexibility index (Phi) is 5.66. The van der Waals surface area contributed by atoms with E-state index in [0.717, 1.165) is 49.7 Å². The van der Waals surface area contributed by atoms with Crippen LogP contribution in [0.5, 0.6) is 0 Å². The number of carbonyl (C=O) groups is 2. The van der Waals surface area contributed by atoms with Crippen LogP contribution in [-0.4, -0.2) is 40.8 Å². The maximum absolute atomic E-state index is 13.3. The predicted octanol–water partition coefficient (Wildman–Crippen LogP) is 5.68. The standard InChI is InChI=1S/C27H31NO4/c1-17-10-12-18(13-11-17)25(26(29)30)28(19-14-15-19)27(31)32-16-24-22-8-4-2-6-20(22)21-7-3-5-9-23(21)24/h2-9,17-19,24-25H,10-16H2,1H3,(H,29,30). The first kappa shape index (κ1) is 21.0. The van der Waals surface area contributed by atoms with E-state index in [4.69, 9.17) is 4.74 Å². The number of carbonyl (C=O) groups excluding carboxylic acids is 1. The van der Waals surface area contributed by atoms with Gasteiger partial charge in [-0.2, -0.15) is 0 Å². The third kappa shape index (κ3) is 3.89. The first-order valence-electron chi connectivity index (χ1n) is 11.9. The summed E-state index contributed by atoms with van der Waals surface area (Å²) in [7, 11) is 0. The summed E-state index contributed by atoms with van der Waals surface area (Å²) >= 11 is 0. The summed E-state index contributed by atoms with van der Waals surface area (Å²) in [4.78, 5) is 27.2. The quantitative estimate of drug-likeness (QED) is 0.636. The molecule has 168 valence electrons. The Hall–Kier alpha value is -2.82. The maximum atomic E-state index is 13.3. The first-order chi connectivity index (χ1) is 15.5. The zero-order chi connectivity index (χ0) is 22.2. The molecule has 1 amide bonds. The van der Waals surface area contributed by atoms with Crippen molar-refractivity contribution in [3.63, 3.8) is 0 Å². The van der Waals surface area contributed by atoms with E-state index in [0.29, 0.717) is 5.92 Å². The lowest BCUT2D eigenvalue weighted by molar-refractivity contribution is -0.146. The van der Waals surface area contributed by atoms with Crippen molar-refractivity contribution >= 4 is 12.1 Å². The van der Waals surface area contributed by atoms with Gasteiger partial charge in [-0.3, -0.25) is 4.90 Å². The van der Waals surface area contributed by atoms with E-state index in [2.05, 4.69) is 31.2 Å². The van der Waals surface area contributed by atoms with Crippen LogP contribution in [-0.2, 0) is 9.53 Å². The van der Waals surface area contributed by atoms with Crippen LogP contribution in [0.25, 0.3) is 11.1 Å². The largest absolute Gasteiger partial charge is 0.480 e. The van der Waals surface area contributed by atoms with E-state index >= 15 is 0 Å². The van der Waals surface area contributed by atoms with Crippen LogP contribution in [0, 0.1) is 11.8 Å². The average Bonchev–Trinajstić information content (AvgIpc) is 3.58. The molecule has 1 atom stereocenters. The van der Waals surface area contributed by atoms with Gasteiger partial charge in [-0.1, -0.05) is 68.3 Å². The fourth-order valence-corrected chi connectivity index (χ4v) is 5.66. The van der Waals surface area contributed by atoms with Crippen LogP contribution in [0.3, 0.4) is 0 Å². The number of fused-ring (bicyclic) bond motifs is 3. The van der Waals surface area contributed by atoms with Crippen LogP contribution in [0.1, 0.15) is 62.5 Å². The summed E-state index contributed by atoms with van der Waals surface area (Å²) in [6, 6.07) is 15.7. The molecule has 1 unspecified atom stereocenters. The number of amides is 1. The highest BCUT2D eigenvalue weighted by Crippen LogP contribution is 2.45. The van der Waals surface area contributed by atoms with Crippen LogP contribution in [0.2, 0.25) is 0 Å². The third-order valence-electron chi connectivity index (χ3n) is 7.55. The lowest BCUT2D eigenvalue weighted by Crippen LogP contribution is -2.51. The molecule has 1 N–H and O–H groups in total. The van der Waals surface area contributed by atoms with Gasteiger partial charge in [0, 0.05) is 12.0 Å². The number of carboxylic acids is 1. The zero-order valence-electron chi connectivity index (χ0n) is 18.6. The van der Waals surface area contributed by atoms with Crippen LogP contribution >= 0.6 is 0 Å². The van der Waals surface area contributed by atoms with E-state index in [1.54, 1.807) is 4.90 Å². The zero-order valence-corrected chi connectivity index (χ0v) is 18.6.